The quantitative estimate of drug-likeness (QED) is 0.825. The minimum Gasteiger partial charge on any atom is -0.477 e. The maximum Gasteiger partial charge on any atom is 0.354 e. The molecule has 0 bridgehead atoms. The van der Waals surface area contributed by atoms with Gasteiger partial charge in [-0.3, -0.25) is 4.68 Å². The van der Waals surface area contributed by atoms with Crippen LogP contribution in [-0.2, 0) is 6.54 Å². The molecule has 0 atom stereocenters. The molecule has 1 heterocycles. The molecule has 82 valence electrons. The Kier molecular flexibility index (Phi) is 2.75. The van der Waals surface area contributed by atoms with Crippen molar-refractivity contribution < 1.29 is 9.90 Å². The van der Waals surface area contributed by atoms with Crippen molar-refractivity contribution in [1.29, 1.82) is 0 Å². The molecule has 1 fully saturated rings. The van der Waals surface area contributed by atoms with E-state index in [2.05, 4.69) is 5.10 Å². The van der Waals surface area contributed by atoms with Crippen LogP contribution in [0.15, 0.2) is 6.07 Å². The van der Waals surface area contributed by atoms with Crippen molar-refractivity contribution in [3.8, 4) is 0 Å². The predicted octanol–water partition coefficient (Wildman–Crippen LogP) is 2.26. The molecule has 1 aliphatic carbocycles. The molecule has 4 nitrogen and oxygen atoms in total. The maximum atomic E-state index is 11.0. The van der Waals surface area contributed by atoms with Gasteiger partial charge in [0.15, 0.2) is 0 Å². The first-order valence-electron chi connectivity index (χ1n) is 5.53. The third kappa shape index (κ3) is 1.89. The molecule has 15 heavy (non-hydrogen) atoms. The van der Waals surface area contributed by atoms with Gasteiger partial charge in [0.1, 0.15) is 5.69 Å². The highest BCUT2D eigenvalue weighted by molar-refractivity contribution is 5.85. The van der Waals surface area contributed by atoms with Gasteiger partial charge in [0, 0.05) is 12.5 Å². The smallest absolute Gasteiger partial charge is 0.354 e. The van der Waals surface area contributed by atoms with Crippen LogP contribution in [0.3, 0.4) is 0 Å². The number of carboxylic acids is 1. The zero-order chi connectivity index (χ0) is 10.8. The number of hydrogen-bond acceptors (Lipinski definition) is 2. The zero-order valence-electron chi connectivity index (χ0n) is 8.94. The van der Waals surface area contributed by atoms with E-state index in [1.54, 1.807) is 10.7 Å². The third-order valence-corrected chi connectivity index (χ3v) is 2.98. The molecule has 0 aromatic carbocycles. The standard InChI is InChI=1S/C11H16N2O2/c1-2-6-13-10(11(14)15)7-9(12-13)8-4-3-5-8/h7-8H,2-6H2,1H3,(H,14,15). The Morgan fingerprint density at radius 3 is 2.87 bits per heavy atom. The van der Waals surface area contributed by atoms with Gasteiger partial charge in [-0.2, -0.15) is 5.10 Å². The van der Waals surface area contributed by atoms with Gasteiger partial charge in [0.2, 0.25) is 0 Å². The predicted molar refractivity (Wildman–Crippen MR) is 56.1 cm³/mol. The average Bonchev–Trinajstić information content (AvgIpc) is 2.46. The number of aromatic nitrogens is 2. The summed E-state index contributed by atoms with van der Waals surface area (Å²) in [7, 11) is 0. The summed E-state index contributed by atoms with van der Waals surface area (Å²) in [5.41, 5.74) is 1.30. The van der Waals surface area contributed by atoms with Crippen molar-refractivity contribution >= 4 is 5.97 Å². The first-order chi connectivity index (χ1) is 7.22. The molecule has 2 rings (SSSR count). The van der Waals surface area contributed by atoms with Crippen LogP contribution < -0.4 is 0 Å². The van der Waals surface area contributed by atoms with Crippen LogP contribution in [0.4, 0.5) is 0 Å². The Morgan fingerprint density at radius 2 is 2.40 bits per heavy atom. The lowest BCUT2D eigenvalue weighted by Gasteiger charge is -2.22. The van der Waals surface area contributed by atoms with E-state index in [1.807, 2.05) is 6.92 Å². The van der Waals surface area contributed by atoms with Gasteiger partial charge in [0.25, 0.3) is 0 Å². The fourth-order valence-corrected chi connectivity index (χ4v) is 1.89. The topological polar surface area (TPSA) is 55.1 Å². The largest absolute Gasteiger partial charge is 0.477 e. The van der Waals surface area contributed by atoms with E-state index in [-0.39, 0.29) is 0 Å². The van der Waals surface area contributed by atoms with Crippen molar-refractivity contribution in [2.24, 2.45) is 0 Å². The summed E-state index contributed by atoms with van der Waals surface area (Å²) in [6.45, 7) is 2.71. The molecule has 0 radical (unpaired) electrons. The van der Waals surface area contributed by atoms with Gasteiger partial charge in [-0.05, 0) is 25.3 Å². The van der Waals surface area contributed by atoms with Crippen molar-refractivity contribution in [3.05, 3.63) is 17.5 Å². The Balaban J connectivity index is 2.26. The Morgan fingerprint density at radius 1 is 1.67 bits per heavy atom. The van der Waals surface area contributed by atoms with Crippen molar-refractivity contribution in [2.45, 2.75) is 45.1 Å². The number of aromatic carboxylic acids is 1. The Hall–Kier alpha value is -1.32. The van der Waals surface area contributed by atoms with Crippen LogP contribution in [0.2, 0.25) is 0 Å². The molecular formula is C11H16N2O2. The second-order valence-corrected chi connectivity index (χ2v) is 4.11. The highest BCUT2D eigenvalue weighted by Crippen LogP contribution is 2.35. The van der Waals surface area contributed by atoms with Crippen LogP contribution in [0.1, 0.15) is 54.7 Å². The van der Waals surface area contributed by atoms with Gasteiger partial charge >= 0.3 is 5.97 Å². The minimum absolute atomic E-state index is 0.332. The summed E-state index contributed by atoms with van der Waals surface area (Å²) in [6, 6.07) is 1.74. The van der Waals surface area contributed by atoms with E-state index in [1.165, 1.54) is 6.42 Å². The Labute approximate surface area is 88.9 Å². The summed E-state index contributed by atoms with van der Waals surface area (Å²) >= 11 is 0. The number of carboxylic acid groups (broad SMARTS) is 1. The number of nitrogens with zero attached hydrogens (tertiary/aromatic N) is 2. The number of carbonyl (C=O) groups is 1. The molecule has 0 spiro atoms. The molecule has 4 heteroatoms. The molecule has 0 saturated heterocycles. The maximum absolute atomic E-state index is 11.0. The van der Waals surface area contributed by atoms with E-state index >= 15 is 0 Å². The molecule has 0 aliphatic heterocycles. The zero-order valence-corrected chi connectivity index (χ0v) is 8.94. The normalized spacial score (nSPS) is 16.3. The lowest BCUT2D eigenvalue weighted by molar-refractivity contribution is 0.0683. The first-order valence-corrected chi connectivity index (χ1v) is 5.53. The van der Waals surface area contributed by atoms with Gasteiger partial charge in [-0.1, -0.05) is 13.3 Å². The van der Waals surface area contributed by atoms with Crippen molar-refractivity contribution in [3.63, 3.8) is 0 Å². The molecule has 1 aromatic heterocycles. The monoisotopic (exact) mass is 208 g/mol. The average molecular weight is 208 g/mol. The van der Waals surface area contributed by atoms with E-state index in [9.17, 15) is 4.79 Å². The Bertz CT molecular complexity index is 367. The van der Waals surface area contributed by atoms with E-state index in [0.29, 0.717) is 18.2 Å². The SMILES string of the molecule is CCCn1nc(C2CCC2)cc1C(=O)O. The highest BCUT2D eigenvalue weighted by Gasteiger charge is 2.24. The van der Waals surface area contributed by atoms with Gasteiger partial charge < -0.3 is 5.11 Å². The molecule has 1 saturated carbocycles. The molecule has 1 N–H and O–H groups in total. The summed E-state index contributed by atoms with van der Waals surface area (Å²) < 4.78 is 1.62. The van der Waals surface area contributed by atoms with Gasteiger partial charge in [-0.25, -0.2) is 4.79 Å². The van der Waals surface area contributed by atoms with Crippen LogP contribution in [0, 0.1) is 0 Å². The lowest BCUT2D eigenvalue weighted by atomic mass is 9.83. The highest BCUT2D eigenvalue weighted by atomic mass is 16.4. The summed E-state index contributed by atoms with van der Waals surface area (Å²) in [5.74, 6) is -0.372. The summed E-state index contributed by atoms with van der Waals surface area (Å²) in [5, 5.41) is 13.4. The van der Waals surface area contributed by atoms with Crippen LogP contribution in [0.5, 0.6) is 0 Å². The molecule has 0 unspecified atom stereocenters. The third-order valence-electron chi connectivity index (χ3n) is 2.98. The molecular weight excluding hydrogens is 192 g/mol. The molecule has 0 amide bonds. The van der Waals surface area contributed by atoms with Gasteiger partial charge in [-0.15, -0.1) is 0 Å². The van der Waals surface area contributed by atoms with Crippen LogP contribution >= 0.6 is 0 Å². The van der Waals surface area contributed by atoms with E-state index in [4.69, 9.17) is 5.11 Å². The number of rotatable bonds is 4. The fraction of sp³-hybridized carbons (Fsp3) is 0.636. The first kappa shape index (κ1) is 10.2. The lowest BCUT2D eigenvalue weighted by Crippen LogP contribution is -2.11. The van der Waals surface area contributed by atoms with E-state index < -0.39 is 5.97 Å². The van der Waals surface area contributed by atoms with Crippen LogP contribution in [-0.4, -0.2) is 20.9 Å². The van der Waals surface area contributed by atoms with Crippen molar-refractivity contribution in [2.75, 3.05) is 0 Å². The number of aryl methyl sites for hydroxylation is 1. The second kappa shape index (κ2) is 4.04. The van der Waals surface area contributed by atoms with Gasteiger partial charge in [0.05, 0.1) is 5.69 Å². The van der Waals surface area contributed by atoms with Crippen molar-refractivity contribution in [1.82, 2.24) is 9.78 Å². The minimum atomic E-state index is -0.874. The fourth-order valence-electron chi connectivity index (χ4n) is 1.89. The molecule has 1 aromatic rings. The van der Waals surface area contributed by atoms with Crippen LogP contribution in [0.25, 0.3) is 0 Å². The number of hydrogen-bond donors (Lipinski definition) is 1. The summed E-state index contributed by atoms with van der Waals surface area (Å²) in [6.07, 6.45) is 4.46. The van der Waals surface area contributed by atoms with E-state index in [0.717, 1.165) is 25.0 Å². The molecule has 1 aliphatic rings. The second-order valence-electron chi connectivity index (χ2n) is 4.11. The summed E-state index contributed by atoms with van der Waals surface area (Å²) in [4.78, 5) is 11.0.